The highest BCUT2D eigenvalue weighted by molar-refractivity contribution is 5.78. The van der Waals surface area contributed by atoms with Crippen molar-refractivity contribution in [3.63, 3.8) is 0 Å². The van der Waals surface area contributed by atoms with Crippen molar-refractivity contribution in [2.45, 2.75) is 12.8 Å². The summed E-state index contributed by atoms with van der Waals surface area (Å²) >= 11 is 0. The Labute approximate surface area is 140 Å². The van der Waals surface area contributed by atoms with Crippen LogP contribution in [0.5, 0.6) is 0 Å². The van der Waals surface area contributed by atoms with Gasteiger partial charge in [-0.15, -0.1) is 0 Å². The number of carbonyl (C=O) groups excluding carboxylic acids is 1. The van der Waals surface area contributed by atoms with Crippen molar-refractivity contribution < 1.29 is 9.53 Å². The molecule has 0 aromatic carbocycles. The number of likely N-dealkylation sites (tertiary alicyclic amines) is 1. The van der Waals surface area contributed by atoms with Gasteiger partial charge in [-0.1, -0.05) is 0 Å². The van der Waals surface area contributed by atoms with Gasteiger partial charge >= 0.3 is 0 Å². The molecule has 1 amide bonds. The summed E-state index contributed by atoms with van der Waals surface area (Å²) in [6, 6.07) is 0. The molecule has 3 rings (SSSR count). The molecule has 0 saturated carbocycles. The smallest absolute Gasteiger partial charge is 0.236 e. The number of morpholine rings is 1. The van der Waals surface area contributed by atoms with Crippen molar-refractivity contribution in [2.75, 3.05) is 85.7 Å². The first kappa shape index (κ1) is 17.1. The van der Waals surface area contributed by atoms with Crippen LogP contribution in [0, 0.1) is 5.92 Å². The van der Waals surface area contributed by atoms with Gasteiger partial charge in [0.15, 0.2) is 0 Å². The van der Waals surface area contributed by atoms with E-state index in [0.29, 0.717) is 12.5 Å². The molecular formula is C17H32N4O2. The number of carbonyl (C=O) groups is 1. The van der Waals surface area contributed by atoms with Crippen LogP contribution in [0.15, 0.2) is 0 Å². The van der Waals surface area contributed by atoms with Crippen LogP contribution in [-0.4, -0.2) is 111 Å². The van der Waals surface area contributed by atoms with E-state index in [1.165, 1.54) is 32.5 Å². The number of hydrogen-bond donors (Lipinski definition) is 0. The Hall–Kier alpha value is -0.690. The fourth-order valence-corrected chi connectivity index (χ4v) is 4.02. The van der Waals surface area contributed by atoms with Gasteiger partial charge in [-0.2, -0.15) is 0 Å². The zero-order chi connectivity index (χ0) is 16.1. The van der Waals surface area contributed by atoms with Crippen LogP contribution < -0.4 is 0 Å². The maximum absolute atomic E-state index is 12.4. The molecular weight excluding hydrogens is 292 g/mol. The van der Waals surface area contributed by atoms with Gasteiger partial charge in [0.1, 0.15) is 0 Å². The molecule has 6 nitrogen and oxygen atoms in total. The molecule has 3 fully saturated rings. The maximum Gasteiger partial charge on any atom is 0.236 e. The first-order chi connectivity index (χ1) is 11.2. The van der Waals surface area contributed by atoms with E-state index in [2.05, 4.69) is 26.6 Å². The molecule has 0 bridgehead atoms. The van der Waals surface area contributed by atoms with Gasteiger partial charge in [0, 0.05) is 52.4 Å². The minimum atomic E-state index is 0.295. The summed E-state index contributed by atoms with van der Waals surface area (Å²) in [5.74, 6) is 1.10. The number of hydrogen-bond acceptors (Lipinski definition) is 5. The average molecular weight is 324 g/mol. The molecule has 0 N–H and O–H groups in total. The molecule has 3 aliphatic rings. The third-order valence-corrected chi connectivity index (χ3v) is 5.43. The Balaban J connectivity index is 1.36. The van der Waals surface area contributed by atoms with Crippen molar-refractivity contribution in [3.8, 4) is 0 Å². The van der Waals surface area contributed by atoms with Crippen molar-refractivity contribution in [1.29, 1.82) is 0 Å². The first-order valence-electron chi connectivity index (χ1n) is 9.19. The predicted octanol–water partition coefficient (Wildman–Crippen LogP) is -0.195. The van der Waals surface area contributed by atoms with E-state index in [4.69, 9.17) is 4.74 Å². The van der Waals surface area contributed by atoms with Crippen LogP contribution in [0.3, 0.4) is 0 Å². The molecule has 0 spiro atoms. The maximum atomic E-state index is 12.4. The molecule has 0 radical (unpaired) electrons. The second-order valence-electron chi connectivity index (χ2n) is 7.34. The van der Waals surface area contributed by atoms with E-state index in [0.717, 1.165) is 58.4 Å². The standard InChI is InChI=1S/C17H32N4O2/c1-18-4-2-3-16(13-18)14-19-5-7-21(8-6-19)17(22)15-20-9-11-23-12-10-20/h16H,2-15H2,1H3/t16-/m1/s1. The fraction of sp³-hybridized carbons (Fsp3) is 0.941. The number of ether oxygens (including phenoxy) is 1. The first-order valence-corrected chi connectivity index (χ1v) is 9.19. The lowest BCUT2D eigenvalue weighted by Gasteiger charge is -2.39. The number of piperazine rings is 1. The van der Waals surface area contributed by atoms with Crippen LogP contribution in [0.25, 0.3) is 0 Å². The summed E-state index contributed by atoms with van der Waals surface area (Å²) in [4.78, 5) is 21.7. The number of nitrogens with zero attached hydrogens (tertiary/aromatic N) is 4. The molecule has 3 aliphatic heterocycles. The Morgan fingerprint density at radius 1 is 1.00 bits per heavy atom. The molecule has 0 aromatic heterocycles. The summed E-state index contributed by atoms with van der Waals surface area (Å²) in [5, 5.41) is 0. The fourth-order valence-electron chi connectivity index (χ4n) is 4.02. The summed E-state index contributed by atoms with van der Waals surface area (Å²) in [5.41, 5.74) is 0. The predicted molar refractivity (Wildman–Crippen MR) is 90.5 cm³/mol. The third-order valence-electron chi connectivity index (χ3n) is 5.43. The molecule has 3 saturated heterocycles. The van der Waals surface area contributed by atoms with E-state index in [-0.39, 0.29) is 0 Å². The molecule has 0 aromatic rings. The SMILES string of the molecule is CN1CCC[C@@H](CN2CCN(C(=O)CN3CCOCC3)CC2)C1. The second kappa shape index (κ2) is 8.42. The van der Waals surface area contributed by atoms with Gasteiger partial charge < -0.3 is 14.5 Å². The summed E-state index contributed by atoms with van der Waals surface area (Å²) < 4.78 is 5.34. The van der Waals surface area contributed by atoms with Crippen LogP contribution in [0.2, 0.25) is 0 Å². The number of rotatable bonds is 4. The highest BCUT2D eigenvalue weighted by Crippen LogP contribution is 2.17. The van der Waals surface area contributed by atoms with E-state index >= 15 is 0 Å². The Morgan fingerprint density at radius 3 is 2.43 bits per heavy atom. The monoisotopic (exact) mass is 324 g/mol. The molecule has 3 heterocycles. The highest BCUT2D eigenvalue weighted by atomic mass is 16.5. The molecule has 23 heavy (non-hydrogen) atoms. The highest BCUT2D eigenvalue weighted by Gasteiger charge is 2.26. The minimum Gasteiger partial charge on any atom is -0.379 e. The third kappa shape index (κ3) is 5.14. The van der Waals surface area contributed by atoms with Crippen LogP contribution in [-0.2, 0) is 9.53 Å². The van der Waals surface area contributed by atoms with Crippen molar-refractivity contribution in [2.24, 2.45) is 5.92 Å². The number of piperidine rings is 1. The average Bonchev–Trinajstić information content (AvgIpc) is 2.56. The zero-order valence-electron chi connectivity index (χ0n) is 14.6. The lowest BCUT2D eigenvalue weighted by Crippen LogP contribution is -2.53. The summed E-state index contributed by atoms with van der Waals surface area (Å²) in [6.07, 6.45) is 2.69. The van der Waals surface area contributed by atoms with E-state index in [9.17, 15) is 4.79 Å². The quantitative estimate of drug-likeness (QED) is 0.716. The summed E-state index contributed by atoms with van der Waals surface area (Å²) in [6.45, 7) is 11.4. The van der Waals surface area contributed by atoms with Gasteiger partial charge in [-0.3, -0.25) is 14.6 Å². The van der Waals surface area contributed by atoms with Gasteiger partial charge in [0.2, 0.25) is 5.91 Å². The Kier molecular flexibility index (Phi) is 6.28. The molecule has 0 unspecified atom stereocenters. The van der Waals surface area contributed by atoms with Crippen molar-refractivity contribution in [3.05, 3.63) is 0 Å². The number of amides is 1. The molecule has 132 valence electrons. The van der Waals surface area contributed by atoms with Crippen LogP contribution >= 0.6 is 0 Å². The van der Waals surface area contributed by atoms with E-state index in [1.807, 2.05) is 0 Å². The molecule has 6 heteroatoms. The van der Waals surface area contributed by atoms with Crippen molar-refractivity contribution in [1.82, 2.24) is 19.6 Å². The Bertz CT molecular complexity index is 379. The van der Waals surface area contributed by atoms with Gasteiger partial charge in [0.05, 0.1) is 19.8 Å². The van der Waals surface area contributed by atoms with Gasteiger partial charge in [-0.25, -0.2) is 0 Å². The minimum absolute atomic E-state index is 0.295. The summed E-state index contributed by atoms with van der Waals surface area (Å²) in [7, 11) is 2.23. The van der Waals surface area contributed by atoms with Crippen LogP contribution in [0.1, 0.15) is 12.8 Å². The lowest BCUT2D eigenvalue weighted by atomic mass is 9.97. The molecule has 1 atom stereocenters. The van der Waals surface area contributed by atoms with E-state index < -0.39 is 0 Å². The largest absolute Gasteiger partial charge is 0.379 e. The second-order valence-corrected chi connectivity index (χ2v) is 7.34. The van der Waals surface area contributed by atoms with Crippen molar-refractivity contribution >= 4 is 5.91 Å². The van der Waals surface area contributed by atoms with E-state index in [1.54, 1.807) is 0 Å². The topological polar surface area (TPSA) is 39.3 Å². The van der Waals surface area contributed by atoms with Gasteiger partial charge in [0.25, 0.3) is 0 Å². The molecule has 0 aliphatic carbocycles. The normalized spacial score (nSPS) is 28.9. The zero-order valence-corrected chi connectivity index (χ0v) is 14.6. The Morgan fingerprint density at radius 2 is 1.74 bits per heavy atom. The van der Waals surface area contributed by atoms with Crippen LogP contribution in [0.4, 0.5) is 0 Å². The van der Waals surface area contributed by atoms with Gasteiger partial charge in [-0.05, 0) is 32.4 Å². The lowest BCUT2D eigenvalue weighted by molar-refractivity contribution is -0.135.